The van der Waals surface area contributed by atoms with Crippen LogP contribution in [0.15, 0.2) is 48.5 Å². The molecule has 124 valence electrons. The van der Waals surface area contributed by atoms with E-state index < -0.39 is 0 Å². The summed E-state index contributed by atoms with van der Waals surface area (Å²) in [4.78, 5) is 4.87. The second kappa shape index (κ2) is 5.55. The number of nitrogens with zero attached hydrogens (tertiary/aromatic N) is 4. The summed E-state index contributed by atoms with van der Waals surface area (Å²) in [5, 5.41) is 13.5. The third-order valence-corrected chi connectivity index (χ3v) is 4.76. The van der Waals surface area contributed by atoms with Crippen LogP contribution in [0.3, 0.4) is 0 Å². The van der Waals surface area contributed by atoms with Crippen LogP contribution in [0.2, 0.25) is 0 Å². The third-order valence-electron chi connectivity index (χ3n) is 4.76. The molecule has 5 nitrogen and oxygen atoms in total. The lowest BCUT2D eigenvalue weighted by Gasteiger charge is -2.11. The molecule has 25 heavy (non-hydrogen) atoms. The van der Waals surface area contributed by atoms with E-state index >= 15 is 0 Å². The highest BCUT2D eigenvalue weighted by atomic mass is 15.3. The first-order valence-electron chi connectivity index (χ1n) is 8.73. The SMILES string of the molecule is Cc1ccc2nc(NCc3ccccc3)n3c(C4CC4)nnc3c2c1. The van der Waals surface area contributed by atoms with Gasteiger partial charge in [-0.3, -0.25) is 0 Å². The average Bonchev–Trinajstić information content (AvgIpc) is 3.39. The van der Waals surface area contributed by atoms with E-state index in [9.17, 15) is 0 Å². The number of hydrogen-bond donors (Lipinski definition) is 1. The maximum absolute atomic E-state index is 4.87. The van der Waals surface area contributed by atoms with Gasteiger partial charge in [-0.2, -0.15) is 0 Å². The van der Waals surface area contributed by atoms with E-state index in [-0.39, 0.29) is 0 Å². The second-order valence-electron chi connectivity index (χ2n) is 6.79. The zero-order chi connectivity index (χ0) is 16.8. The zero-order valence-corrected chi connectivity index (χ0v) is 14.1. The molecule has 5 heteroatoms. The number of anilines is 1. The number of fused-ring (bicyclic) bond motifs is 3. The van der Waals surface area contributed by atoms with Crippen LogP contribution in [-0.2, 0) is 6.54 Å². The molecule has 4 aromatic rings. The van der Waals surface area contributed by atoms with Crippen molar-refractivity contribution in [3.05, 3.63) is 65.5 Å². The Balaban J connectivity index is 1.66. The first-order valence-corrected chi connectivity index (χ1v) is 8.73. The lowest BCUT2D eigenvalue weighted by molar-refractivity contribution is 0.883. The highest BCUT2D eigenvalue weighted by Crippen LogP contribution is 2.40. The monoisotopic (exact) mass is 329 g/mol. The topological polar surface area (TPSA) is 55.1 Å². The molecule has 0 radical (unpaired) electrons. The highest BCUT2D eigenvalue weighted by molar-refractivity contribution is 5.93. The molecule has 1 aliphatic rings. The number of hydrogen-bond acceptors (Lipinski definition) is 4. The van der Waals surface area contributed by atoms with E-state index in [4.69, 9.17) is 4.98 Å². The van der Waals surface area contributed by atoms with Crippen LogP contribution < -0.4 is 5.32 Å². The third kappa shape index (κ3) is 2.52. The fourth-order valence-corrected chi connectivity index (χ4v) is 3.27. The Labute approximate surface area is 145 Å². The van der Waals surface area contributed by atoms with E-state index in [1.165, 1.54) is 24.0 Å². The number of aromatic nitrogens is 4. The Bertz CT molecular complexity index is 1060. The van der Waals surface area contributed by atoms with Crippen molar-refractivity contribution >= 4 is 22.5 Å². The summed E-state index contributed by atoms with van der Waals surface area (Å²) in [5.74, 6) is 2.36. The molecule has 5 rings (SSSR count). The maximum atomic E-state index is 4.87. The predicted molar refractivity (Wildman–Crippen MR) is 98.8 cm³/mol. The Morgan fingerprint density at radius 1 is 1.08 bits per heavy atom. The highest BCUT2D eigenvalue weighted by Gasteiger charge is 2.30. The fourth-order valence-electron chi connectivity index (χ4n) is 3.27. The molecule has 1 fully saturated rings. The molecule has 1 saturated carbocycles. The van der Waals surface area contributed by atoms with Gasteiger partial charge >= 0.3 is 0 Å². The number of rotatable bonds is 4. The summed E-state index contributed by atoms with van der Waals surface area (Å²) in [5.41, 5.74) is 4.27. The van der Waals surface area contributed by atoms with Crippen molar-refractivity contribution in [1.82, 2.24) is 19.6 Å². The van der Waals surface area contributed by atoms with Gasteiger partial charge in [-0.15, -0.1) is 10.2 Å². The van der Waals surface area contributed by atoms with Gasteiger partial charge < -0.3 is 5.32 Å². The smallest absolute Gasteiger partial charge is 0.211 e. The van der Waals surface area contributed by atoms with Gasteiger partial charge in [0.15, 0.2) is 5.65 Å². The van der Waals surface area contributed by atoms with E-state index in [1.807, 2.05) is 6.07 Å². The van der Waals surface area contributed by atoms with E-state index in [0.29, 0.717) is 5.92 Å². The van der Waals surface area contributed by atoms with Gasteiger partial charge in [-0.1, -0.05) is 42.0 Å². The van der Waals surface area contributed by atoms with Crippen molar-refractivity contribution in [1.29, 1.82) is 0 Å². The molecule has 1 N–H and O–H groups in total. The first-order chi connectivity index (χ1) is 12.3. The van der Waals surface area contributed by atoms with Crippen molar-refractivity contribution in [3.63, 3.8) is 0 Å². The Morgan fingerprint density at radius 3 is 2.72 bits per heavy atom. The quantitative estimate of drug-likeness (QED) is 0.613. The van der Waals surface area contributed by atoms with Crippen molar-refractivity contribution < 1.29 is 0 Å². The molecule has 0 bridgehead atoms. The van der Waals surface area contributed by atoms with Gasteiger partial charge in [0.25, 0.3) is 0 Å². The summed E-state index contributed by atoms with van der Waals surface area (Å²) in [6.07, 6.45) is 2.37. The normalized spacial score (nSPS) is 14.3. The largest absolute Gasteiger partial charge is 0.351 e. The molecule has 0 unspecified atom stereocenters. The van der Waals surface area contributed by atoms with E-state index in [2.05, 4.69) is 69.3 Å². The van der Waals surface area contributed by atoms with Crippen molar-refractivity contribution in [3.8, 4) is 0 Å². The Morgan fingerprint density at radius 2 is 1.92 bits per heavy atom. The second-order valence-corrected chi connectivity index (χ2v) is 6.79. The van der Waals surface area contributed by atoms with E-state index in [0.717, 1.165) is 34.9 Å². The van der Waals surface area contributed by atoms with Crippen LogP contribution >= 0.6 is 0 Å². The van der Waals surface area contributed by atoms with Crippen LogP contribution in [0.1, 0.15) is 35.7 Å². The number of nitrogens with one attached hydrogen (secondary N) is 1. The number of benzene rings is 2. The lowest BCUT2D eigenvalue weighted by Crippen LogP contribution is -2.09. The van der Waals surface area contributed by atoms with Crippen LogP contribution in [0.4, 0.5) is 5.95 Å². The minimum atomic E-state index is 0.510. The fraction of sp³-hybridized carbons (Fsp3) is 0.250. The van der Waals surface area contributed by atoms with Gasteiger partial charge in [0, 0.05) is 17.8 Å². The molecule has 2 aromatic carbocycles. The summed E-state index contributed by atoms with van der Waals surface area (Å²) in [6.45, 7) is 2.82. The molecule has 2 heterocycles. The molecular formula is C20H19N5. The summed E-state index contributed by atoms with van der Waals surface area (Å²) >= 11 is 0. The summed E-state index contributed by atoms with van der Waals surface area (Å²) in [6, 6.07) is 16.7. The van der Waals surface area contributed by atoms with Gasteiger partial charge in [-0.25, -0.2) is 9.38 Å². The molecule has 0 saturated heterocycles. The molecule has 2 aromatic heterocycles. The standard InChI is InChI=1S/C20H19N5/c1-13-7-10-17-16(11-13)19-24-23-18(15-8-9-15)25(19)20(22-17)21-12-14-5-3-2-4-6-14/h2-7,10-11,15H,8-9,12H2,1H3,(H,21,22). The average molecular weight is 329 g/mol. The van der Waals surface area contributed by atoms with Gasteiger partial charge in [0.05, 0.1) is 5.52 Å². The van der Waals surface area contributed by atoms with Crippen molar-refractivity contribution in [2.24, 2.45) is 0 Å². The van der Waals surface area contributed by atoms with Gasteiger partial charge in [0.2, 0.25) is 5.95 Å². The Hall–Kier alpha value is -2.95. The van der Waals surface area contributed by atoms with Crippen LogP contribution in [0.5, 0.6) is 0 Å². The van der Waals surface area contributed by atoms with Crippen LogP contribution in [0.25, 0.3) is 16.6 Å². The minimum Gasteiger partial charge on any atom is -0.351 e. The predicted octanol–water partition coefficient (Wildman–Crippen LogP) is 4.08. The number of aryl methyl sites for hydroxylation is 1. The van der Waals surface area contributed by atoms with Gasteiger partial charge in [-0.05, 0) is 37.5 Å². The van der Waals surface area contributed by atoms with Crippen molar-refractivity contribution in [2.45, 2.75) is 32.2 Å². The zero-order valence-electron chi connectivity index (χ0n) is 14.1. The molecule has 0 aliphatic heterocycles. The Kier molecular flexibility index (Phi) is 3.20. The molecule has 0 atom stereocenters. The maximum Gasteiger partial charge on any atom is 0.211 e. The van der Waals surface area contributed by atoms with Crippen LogP contribution in [0, 0.1) is 6.92 Å². The summed E-state index contributed by atoms with van der Waals surface area (Å²) < 4.78 is 2.11. The van der Waals surface area contributed by atoms with Crippen LogP contribution in [-0.4, -0.2) is 19.6 Å². The van der Waals surface area contributed by atoms with E-state index in [1.54, 1.807) is 0 Å². The summed E-state index contributed by atoms with van der Waals surface area (Å²) in [7, 11) is 0. The molecule has 0 amide bonds. The molecular weight excluding hydrogens is 310 g/mol. The molecule has 1 aliphatic carbocycles. The van der Waals surface area contributed by atoms with Crippen molar-refractivity contribution in [2.75, 3.05) is 5.32 Å². The lowest BCUT2D eigenvalue weighted by atomic mass is 10.1. The minimum absolute atomic E-state index is 0.510. The van der Waals surface area contributed by atoms with Gasteiger partial charge in [0.1, 0.15) is 5.82 Å². The first kappa shape index (κ1) is 14.4. The molecule has 0 spiro atoms.